The van der Waals surface area contributed by atoms with Crippen molar-refractivity contribution in [1.29, 1.82) is 0 Å². The smallest absolute Gasteiger partial charge is 0.261 e. The largest absolute Gasteiger partial charge is 0.348 e. The van der Waals surface area contributed by atoms with Crippen molar-refractivity contribution < 1.29 is 4.79 Å². The zero-order valence-electron chi connectivity index (χ0n) is 13.9. The van der Waals surface area contributed by atoms with Gasteiger partial charge in [0.1, 0.15) is 6.54 Å². The first-order chi connectivity index (χ1) is 11.5. The highest BCUT2D eigenvalue weighted by molar-refractivity contribution is 5.79. The number of nitrogens with zero attached hydrogens (tertiary/aromatic N) is 4. The number of aryl methyl sites for hydroxylation is 1. The molecule has 124 valence electrons. The summed E-state index contributed by atoms with van der Waals surface area (Å²) in [4.78, 5) is 28.9. The van der Waals surface area contributed by atoms with Gasteiger partial charge in [0.25, 0.3) is 5.56 Å². The molecule has 24 heavy (non-hydrogen) atoms. The van der Waals surface area contributed by atoms with Crippen LogP contribution in [-0.4, -0.2) is 25.2 Å². The predicted octanol–water partition coefficient (Wildman–Crippen LogP) is 1.32. The monoisotopic (exact) mass is 325 g/mol. The van der Waals surface area contributed by atoms with Gasteiger partial charge in [-0.05, 0) is 26.0 Å². The summed E-state index contributed by atoms with van der Waals surface area (Å²) in [6.45, 7) is 3.77. The van der Waals surface area contributed by atoms with Crippen LogP contribution in [0.5, 0.6) is 0 Å². The fourth-order valence-electron chi connectivity index (χ4n) is 2.68. The van der Waals surface area contributed by atoms with Crippen LogP contribution in [0.25, 0.3) is 10.9 Å². The number of para-hydroxylation sites is 1. The maximum Gasteiger partial charge on any atom is 0.261 e. The average molecular weight is 325 g/mol. The molecule has 0 spiro atoms. The van der Waals surface area contributed by atoms with Gasteiger partial charge in [0.15, 0.2) is 0 Å². The van der Waals surface area contributed by atoms with Gasteiger partial charge < -0.3 is 5.32 Å². The van der Waals surface area contributed by atoms with Crippen molar-refractivity contribution >= 4 is 16.8 Å². The molecular weight excluding hydrogens is 306 g/mol. The number of carbonyl (C=O) groups is 1. The minimum Gasteiger partial charge on any atom is -0.348 e. The lowest BCUT2D eigenvalue weighted by molar-refractivity contribution is -0.122. The van der Waals surface area contributed by atoms with Gasteiger partial charge in [0.2, 0.25) is 5.91 Å². The molecule has 2 aromatic heterocycles. The predicted molar refractivity (Wildman–Crippen MR) is 90.5 cm³/mol. The van der Waals surface area contributed by atoms with Crippen molar-refractivity contribution in [2.75, 3.05) is 0 Å². The second kappa shape index (κ2) is 6.27. The third-order valence-electron chi connectivity index (χ3n) is 4.16. The summed E-state index contributed by atoms with van der Waals surface area (Å²) in [6, 6.07) is 6.90. The van der Waals surface area contributed by atoms with E-state index >= 15 is 0 Å². The van der Waals surface area contributed by atoms with Crippen molar-refractivity contribution in [3.05, 3.63) is 58.4 Å². The number of amides is 1. The molecule has 7 nitrogen and oxygen atoms in total. The van der Waals surface area contributed by atoms with Crippen molar-refractivity contribution in [2.45, 2.75) is 26.4 Å². The zero-order valence-corrected chi connectivity index (χ0v) is 13.9. The Bertz CT molecular complexity index is 957. The number of nitrogens with one attached hydrogen (secondary N) is 1. The van der Waals surface area contributed by atoms with Crippen LogP contribution in [-0.2, 0) is 18.4 Å². The van der Waals surface area contributed by atoms with Gasteiger partial charge in [0, 0.05) is 18.3 Å². The van der Waals surface area contributed by atoms with Gasteiger partial charge in [-0.1, -0.05) is 12.1 Å². The number of hydrogen-bond donors (Lipinski definition) is 1. The van der Waals surface area contributed by atoms with Gasteiger partial charge in [-0.3, -0.25) is 18.8 Å². The fraction of sp³-hybridized carbons (Fsp3) is 0.294. The lowest BCUT2D eigenvalue weighted by atomic mass is 10.1. The molecule has 1 aromatic carbocycles. The molecule has 0 saturated carbocycles. The molecule has 0 saturated heterocycles. The molecule has 1 atom stereocenters. The third kappa shape index (κ3) is 2.92. The van der Waals surface area contributed by atoms with Crippen LogP contribution in [0.15, 0.2) is 41.6 Å². The van der Waals surface area contributed by atoms with E-state index in [-0.39, 0.29) is 24.1 Å². The Morgan fingerprint density at radius 1 is 1.33 bits per heavy atom. The van der Waals surface area contributed by atoms with E-state index in [1.54, 1.807) is 29.1 Å². The van der Waals surface area contributed by atoms with E-state index in [1.807, 2.05) is 27.0 Å². The van der Waals surface area contributed by atoms with Crippen LogP contribution >= 0.6 is 0 Å². The van der Waals surface area contributed by atoms with E-state index in [0.717, 1.165) is 11.3 Å². The molecule has 1 amide bonds. The summed E-state index contributed by atoms with van der Waals surface area (Å²) in [6.07, 6.45) is 3.15. The van der Waals surface area contributed by atoms with E-state index in [1.165, 1.54) is 10.9 Å². The maximum absolute atomic E-state index is 12.4. The van der Waals surface area contributed by atoms with Crippen LogP contribution in [0.2, 0.25) is 0 Å². The number of aromatic nitrogens is 4. The summed E-state index contributed by atoms with van der Waals surface area (Å²) in [5.41, 5.74) is 2.35. The zero-order chi connectivity index (χ0) is 17.3. The Labute approximate surface area is 138 Å². The highest BCUT2D eigenvalue weighted by atomic mass is 16.2. The van der Waals surface area contributed by atoms with Crippen molar-refractivity contribution in [2.24, 2.45) is 7.05 Å². The number of benzene rings is 1. The normalized spacial score (nSPS) is 12.3. The third-order valence-corrected chi connectivity index (χ3v) is 4.16. The maximum atomic E-state index is 12.4. The van der Waals surface area contributed by atoms with Crippen LogP contribution in [0, 0.1) is 6.92 Å². The Morgan fingerprint density at radius 2 is 2.08 bits per heavy atom. The summed E-state index contributed by atoms with van der Waals surface area (Å²) in [5.74, 6) is -0.245. The molecule has 3 rings (SSSR count). The molecule has 0 aliphatic carbocycles. The first kappa shape index (κ1) is 15.9. The summed E-state index contributed by atoms with van der Waals surface area (Å²) in [5, 5.41) is 7.57. The highest BCUT2D eigenvalue weighted by Crippen LogP contribution is 2.15. The first-order valence-corrected chi connectivity index (χ1v) is 7.69. The quantitative estimate of drug-likeness (QED) is 0.784. The van der Waals surface area contributed by atoms with Crippen LogP contribution < -0.4 is 10.9 Å². The average Bonchev–Trinajstić information content (AvgIpc) is 2.90. The number of carbonyl (C=O) groups excluding carboxylic acids is 1. The van der Waals surface area contributed by atoms with Gasteiger partial charge in [-0.2, -0.15) is 5.10 Å². The SMILES string of the molecule is Cc1c(C(C)NC(=O)Cn2cnc3ccccc3c2=O)cnn1C. The van der Waals surface area contributed by atoms with Gasteiger partial charge in [0.05, 0.1) is 29.5 Å². The van der Waals surface area contributed by atoms with Crippen LogP contribution in [0.1, 0.15) is 24.2 Å². The molecule has 0 aliphatic rings. The molecule has 1 unspecified atom stereocenters. The van der Waals surface area contributed by atoms with Gasteiger partial charge in [-0.15, -0.1) is 0 Å². The molecular formula is C17H19N5O2. The standard InChI is InChI=1S/C17H19N5O2/c1-11(14-8-19-21(3)12(14)2)20-16(23)9-22-10-18-15-7-5-4-6-13(15)17(22)24/h4-8,10-11H,9H2,1-3H3,(H,20,23). The van der Waals surface area contributed by atoms with E-state index in [0.29, 0.717) is 10.9 Å². The summed E-state index contributed by atoms with van der Waals surface area (Å²) >= 11 is 0. The molecule has 0 fully saturated rings. The molecule has 0 aliphatic heterocycles. The van der Waals surface area contributed by atoms with Gasteiger partial charge >= 0.3 is 0 Å². The van der Waals surface area contributed by atoms with E-state index < -0.39 is 0 Å². The van der Waals surface area contributed by atoms with Crippen LogP contribution in [0.3, 0.4) is 0 Å². The molecule has 0 radical (unpaired) electrons. The number of hydrogen-bond acceptors (Lipinski definition) is 4. The lowest BCUT2D eigenvalue weighted by Crippen LogP contribution is -2.34. The molecule has 0 bridgehead atoms. The first-order valence-electron chi connectivity index (χ1n) is 7.69. The Balaban J connectivity index is 1.77. The van der Waals surface area contributed by atoms with Crippen molar-refractivity contribution in [3.8, 4) is 0 Å². The van der Waals surface area contributed by atoms with Crippen LogP contribution in [0.4, 0.5) is 0 Å². The van der Waals surface area contributed by atoms with Gasteiger partial charge in [-0.25, -0.2) is 4.98 Å². The molecule has 3 aromatic rings. The molecule has 2 heterocycles. The molecule has 7 heteroatoms. The Hall–Kier alpha value is -2.96. The molecule has 1 N–H and O–H groups in total. The van der Waals surface area contributed by atoms with E-state index in [4.69, 9.17) is 0 Å². The second-order valence-corrected chi connectivity index (χ2v) is 5.79. The fourth-order valence-corrected chi connectivity index (χ4v) is 2.68. The minimum atomic E-state index is -0.245. The number of fused-ring (bicyclic) bond motifs is 1. The second-order valence-electron chi connectivity index (χ2n) is 5.79. The lowest BCUT2D eigenvalue weighted by Gasteiger charge is -2.14. The Kier molecular flexibility index (Phi) is 4.16. The summed E-state index contributed by atoms with van der Waals surface area (Å²) < 4.78 is 3.08. The summed E-state index contributed by atoms with van der Waals surface area (Å²) in [7, 11) is 1.85. The topological polar surface area (TPSA) is 81.8 Å². The van der Waals surface area contributed by atoms with E-state index in [9.17, 15) is 9.59 Å². The number of rotatable bonds is 4. The van der Waals surface area contributed by atoms with E-state index in [2.05, 4.69) is 15.4 Å². The van der Waals surface area contributed by atoms with Crippen molar-refractivity contribution in [3.63, 3.8) is 0 Å². The highest BCUT2D eigenvalue weighted by Gasteiger charge is 2.15. The Morgan fingerprint density at radius 3 is 2.79 bits per heavy atom. The minimum absolute atomic E-state index is 0.0691. The van der Waals surface area contributed by atoms with Crippen molar-refractivity contribution in [1.82, 2.24) is 24.6 Å².